The Hall–Kier alpha value is -3.00. The molecular formula is C31H39N3O3S. The van der Waals surface area contributed by atoms with Crippen molar-refractivity contribution in [2.45, 2.75) is 56.4 Å². The summed E-state index contributed by atoms with van der Waals surface area (Å²) in [7, 11) is -3.61. The molecule has 0 aromatic heterocycles. The summed E-state index contributed by atoms with van der Waals surface area (Å²) in [6, 6.07) is 27.4. The van der Waals surface area contributed by atoms with Gasteiger partial charge in [-0.05, 0) is 41.8 Å². The van der Waals surface area contributed by atoms with Crippen molar-refractivity contribution in [1.82, 2.24) is 9.21 Å². The molecule has 3 aromatic rings. The lowest BCUT2D eigenvalue weighted by Crippen LogP contribution is -2.49. The minimum atomic E-state index is -3.61. The van der Waals surface area contributed by atoms with Gasteiger partial charge < -0.3 is 5.32 Å². The molecule has 4 rings (SSSR count). The molecule has 0 unspecified atom stereocenters. The van der Waals surface area contributed by atoms with Crippen molar-refractivity contribution in [3.63, 3.8) is 0 Å². The fourth-order valence-electron chi connectivity index (χ4n) is 5.06. The van der Waals surface area contributed by atoms with E-state index in [0.29, 0.717) is 38.3 Å². The Kier molecular flexibility index (Phi) is 10.1. The minimum absolute atomic E-state index is 0.0281. The first-order valence-corrected chi connectivity index (χ1v) is 15.2. The van der Waals surface area contributed by atoms with E-state index in [9.17, 15) is 13.2 Å². The second-order valence-corrected chi connectivity index (χ2v) is 11.8. The van der Waals surface area contributed by atoms with Gasteiger partial charge in [-0.2, -0.15) is 4.31 Å². The number of benzene rings is 3. The number of rotatable bonds is 12. The zero-order valence-electron chi connectivity index (χ0n) is 22.3. The van der Waals surface area contributed by atoms with Crippen LogP contribution in [-0.4, -0.2) is 49.7 Å². The van der Waals surface area contributed by atoms with Gasteiger partial charge in [0.1, 0.15) is 0 Å². The van der Waals surface area contributed by atoms with Crippen molar-refractivity contribution >= 4 is 21.6 Å². The number of hydrogen-bond donors (Lipinski definition) is 1. The summed E-state index contributed by atoms with van der Waals surface area (Å²) in [6.07, 6.45) is 5.96. The van der Waals surface area contributed by atoms with Crippen LogP contribution in [0.15, 0.2) is 89.8 Å². The Bertz CT molecular complexity index is 1200. The molecule has 0 bridgehead atoms. The zero-order chi connectivity index (χ0) is 26.8. The molecule has 0 radical (unpaired) electrons. The van der Waals surface area contributed by atoms with Gasteiger partial charge in [0.15, 0.2) is 0 Å². The second kappa shape index (κ2) is 13.7. The van der Waals surface area contributed by atoms with Crippen molar-refractivity contribution in [2.75, 3.05) is 31.5 Å². The number of nitrogens with zero attached hydrogens (tertiary/aromatic N) is 2. The van der Waals surface area contributed by atoms with E-state index in [1.165, 1.54) is 24.0 Å². The number of carbonyl (C=O) groups excluding carboxylic acids is 1. The van der Waals surface area contributed by atoms with Gasteiger partial charge in [0.2, 0.25) is 15.9 Å². The van der Waals surface area contributed by atoms with Crippen molar-refractivity contribution < 1.29 is 13.2 Å². The number of anilines is 1. The smallest absolute Gasteiger partial charge is 0.243 e. The highest BCUT2D eigenvalue weighted by molar-refractivity contribution is 7.89. The van der Waals surface area contributed by atoms with Gasteiger partial charge in [-0.1, -0.05) is 93.3 Å². The highest BCUT2D eigenvalue weighted by atomic mass is 32.2. The van der Waals surface area contributed by atoms with E-state index in [1.54, 1.807) is 28.6 Å². The maximum atomic E-state index is 13.4. The van der Waals surface area contributed by atoms with Gasteiger partial charge in [-0.25, -0.2) is 8.42 Å². The highest BCUT2D eigenvalue weighted by Gasteiger charge is 2.32. The molecule has 3 aromatic carbocycles. The number of amides is 1. The molecular weight excluding hydrogens is 494 g/mol. The summed E-state index contributed by atoms with van der Waals surface area (Å²) in [6.45, 7) is 4.30. The standard InChI is InChI=1S/C31H39N3O3S/c1-2-3-4-5-12-17-30(35)32-28-18-20-29(21-19-28)38(36,37)34-24-22-33(23-25-34)31(26-13-8-6-9-14-26)27-15-10-7-11-16-27/h6-11,13-16,18-21,31H,2-5,12,17,22-25H2,1H3,(H,32,35). The van der Waals surface area contributed by atoms with Crippen LogP contribution >= 0.6 is 0 Å². The first-order valence-electron chi connectivity index (χ1n) is 13.7. The molecule has 1 saturated heterocycles. The fraction of sp³-hybridized carbons (Fsp3) is 0.387. The lowest BCUT2D eigenvalue weighted by molar-refractivity contribution is -0.116. The number of sulfonamides is 1. The van der Waals surface area contributed by atoms with Gasteiger partial charge >= 0.3 is 0 Å². The largest absolute Gasteiger partial charge is 0.326 e. The van der Waals surface area contributed by atoms with Crippen molar-refractivity contribution in [1.29, 1.82) is 0 Å². The normalized spacial score (nSPS) is 15.0. The van der Waals surface area contributed by atoms with Crippen LogP contribution in [-0.2, 0) is 14.8 Å². The monoisotopic (exact) mass is 533 g/mol. The van der Waals surface area contributed by atoms with E-state index < -0.39 is 10.0 Å². The predicted octanol–water partition coefficient (Wildman–Crippen LogP) is 6.08. The van der Waals surface area contributed by atoms with Crippen molar-refractivity contribution in [3.05, 3.63) is 96.1 Å². The lowest BCUT2D eigenvalue weighted by atomic mass is 9.96. The topological polar surface area (TPSA) is 69.7 Å². The number of unbranched alkanes of at least 4 members (excludes halogenated alkanes) is 4. The summed E-state index contributed by atoms with van der Waals surface area (Å²) in [4.78, 5) is 14.8. The quantitative estimate of drug-likeness (QED) is 0.287. The molecule has 1 heterocycles. The van der Waals surface area contributed by atoms with E-state index in [-0.39, 0.29) is 16.8 Å². The van der Waals surface area contributed by atoms with Crippen LogP contribution in [0.4, 0.5) is 5.69 Å². The van der Waals surface area contributed by atoms with Crippen molar-refractivity contribution in [3.8, 4) is 0 Å². The molecule has 0 saturated carbocycles. The van der Waals surface area contributed by atoms with E-state index in [0.717, 1.165) is 19.3 Å². The number of hydrogen-bond acceptors (Lipinski definition) is 4. The predicted molar refractivity (Wildman–Crippen MR) is 154 cm³/mol. The number of piperazine rings is 1. The average Bonchev–Trinajstić information content (AvgIpc) is 2.95. The van der Waals surface area contributed by atoms with Crippen LogP contribution in [0.1, 0.15) is 62.6 Å². The molecule has 1 N–H and O–H groups in total. The Morgan fingerprint density at radius 3 is 1.87 bits per heavy atom. The first-order chi connectivity index (χ1) is 18.5. The maximum Gasteiger partial charge on any atom is 0.243 e. The Balaban J connectivity index is 1.36. The third-order valence-electron chi connectivity index (χ3n) is 7.15. The third kappa shape index (κ3) is 7.31. The molecule has 38 heavy (non-hydrogen) atoms. The molecule has 202 valence electrons. The Morgan fingerprint density at radius 1 is 0.763 bits per heavy atom. The van der Waals surface area contributed by atoms with Gasteiger partial charge in [0.25, 0.3) is 0 Å². The van der Waals surface area contributed by atoms with E-state index in [1.807, 2.05) is 36.4 Å². The Morgan fingerprint density at radius 2 is 1.32 bits per heavy atom. The molecule has 1 aliphatic heterocycles. The van der Waals surface area contributed by atoms with Gasteiger partial charge in [-0.3, -0.25) is 9.69 Å². The SMILES string of the molecule is CCCCCCCC(=O)Nc1ccc(S(=O)(=O)N2CCN(C(c3ccccc3)c3ccccc3)CC2)cc1. The van der Waals surface area contributed by atoms with Gasteiger partial charge in [0.05, 0.1) is 10.9 Å². The second-order valence-electron chi connectivity index (χ2n) is 9.90. The van der Waals surface area contributed by atoms with E-state index >= 15 is 0 Å². The van der Waals surface area contributed by atoms with Gasteiger partial charge in [0, 0.05) is 38.3 Å². The highest BCUT2D eigenvalue weighted by Crippen LogP contribution is 2.30. The molecule has 6 nitrogen and oxygen atoms in total. The van der Waals surface area contributed by atoms with E-state index in [4.69, 9.17) is 0 Å². The van der Waals surface area contributed by atoms with Crippen LogP contribution in [0.25, 0.3) is 0 Å². The lowest BCUT2D eigenvalue weighted by Gasteiger charge is -2.39. The van der Waals surface area contributed by atoms with Crippen molar-refractivity contribution in [2.24, 2.45) is 0 Å². The van der Waals surface area contributed by atoms with Crippen LogP contribution in [0.2, 0.25) is 0 Å². The van der Waals surface area contributed by atoms with E-state index in [2.05, 4.69) is 41.4 Å². The summed E-state index contributed by atoms with van der Waals surface area (Å²) >= 11 is 0. The summed E-state index contributed by atoms with van der Waals surface area (Å²) in [5.41, 5.74) is 3.03. The molecule has 1 fully saturated rings. The molecule has 7 heteroatoms. The number of nitrogens with one attached hydrogen (secondary N) is 1. The van der Waals surface area contributed by atoms with Crippen LogP contribution < -0.4 is 5.32 Å². The summed E-state index contributed by atoms with van der Waals surface area (Å²) < 4.78 is 28.3. The number of carbonyl (C=O) groups is 1. The van der Waals surface area contributed by atoms with Crippen LogP contribution in [0.3, 0.4) is 0 Å². The minimum Gasteiger partial charge on any atom is -0.326 e. The molecule has 0 spiro atoms. The van der Waals surface area contributed by atoms with Crippen LogP contribution in [0, 0.1) is 0 Å². The zero-order valence-corrected chi connectivity index (χ0v) is 23.1. The van der Waals surface area contributed by atoms with Gasteiger partial charge in [-0.15, -0.1) is 0 Å². The molecule has 0 aliphatic carbocycles. The summed E-state index contributed by atoms with van der Waals surface area (Å²) in [5, 5.41) is 2.89. The average molecular weight is 534 g/mol. The first kappa shape index (κ1) is 28.0. The molecule has 0 atom stereocenters. The third-order valence-corrected chi connectivity index (χ3v) is 9.07. The Labute approximate surface area is 227 Å². The maximum absolute atomic E-state index is 13.4. The fourth-order valence-corrected chi connectivity index (χ4v) is 6.48. The molecule has 1 aliphatic rings. The van der Waals surface area contributed by atoms with Crippen LogP contribution in [0.5, 0.6) is 0 Å². The summed E-state index contributed by atoms with van der Waals surface area (Å²) in [5.74, 6) is -0.0281. The molecule has 1 amide bonds.